The van der Waals surface area contributed by atoms with E-state index in [1.165, 1.54) is 0 Å². The van der Waals surface area contributed by atoms with E-state index in [4.69, 9.17) is 3.67 Å². The second-order valence-electron chi connectivity index (χ2n) is 0.921. The van der Waals surface area contributed by atoms with Gasteiger partial charge in [0.25, 0.3) is 0 Å². The van der Waals surface area contributed by atoms with Gasteiger partial charge in [0.15, 0.2) is 0 Å². The number of hydrogen-bond donors (Lipinski definition) is 0. The van der Waals surface area contributed by atoms with Crippen molar-refractivity contribution < 1.29 is 40.8 Å². The monoisotopic (exact) mass is 169 g/mol. The second-order valence-corrected chi connectivity index (χ2v) is 0.921. The molecule has 0 aromatic carbocycles. The van der Waals surface area contributed by atoms with Gasteiger partial charge in [-0.2, -0.15) is 0 Å². The third-order valence-corrected chi connectivity index (χ3v) is 0.289. The van der Waals surface area contributed by atoms with Crippen molar-refractivity contribution in [3.8, 4) is 0 Å². The molecule has 49 valence electrons. The van der Waals surface area contributed by atoms with Gasteiger partial charge in [-0.1, -0.05) is 0 Å². The van der Waals surface area contributed by atoms with Gasteiger partial charge in [-0.25, -0.2) is 0 Å². The summed E-state index contributed by atoms with van der Waals surface area (Å²) in [4.78, 5) is 18.6. The van der Waals surface area contributed by atoms with E-state index in [1.54, 1.807) is 0 Å². The van der Waals surface area contributed by atoms with Crippen molar-refractivity contribution in [1.82, 2.24) is 0 Å². The Hall–Kier alpha value is -0.676. The van der Waals surface area contributed by atoms with Gasteiger partial charge in [-0.05, 0) is 0 Å². The van der Waals surface area contributed by atoms with Crippen molar-refractivity contribution in [1.29, 1.82) is 0 Å². The fraction of sp³-hybridized carbons (Fsp3) is 0.333. The first kappa shape index (κ1) is 11.2. The second kappa shape index (κ2) is 7.32. The zero-order valence-electron chi connectivity index (χ0n) is 4.20. The van der Waals surface area contributed by atoms with Crippen LogP contribution in [0.3, 0.4) is 0 Å². The van der Waals surface area contributed by atoms with Crippen LogP contribution in [0.15, 0.2) is 0 Å². The Kier molecular flexibility index (Phi) is 9.09. The molecule has 0 aliphatic carbocycles. The third kappa shape index (κ3) is 18.8. The van der Waals surface area contributed by atoms with E-state index in [0.717, 1.165) is 17.4 Å². The van der Waals surface area contributed by atoms with E-state index >= 15 is 0 Å². The third-order valence-electron chi connectivity index (χ3n) is 0.289. The van der Waals surface area contributed by atoms with E-state index in [-0.39, 0.29) is 0 Å². The van der Waals surface area contributed by atoms with Crippen molar-refractivity contribution in [3.05, 3.63) is 0 Å². The first-order valence-electron chi connectivity index (χ1n) is 1.71. The molecule has 0 atom stereocenters. The molecule has 0 aliphatic rings. The Morgan fingerprint density at radius 2 is 1.33 bits per heavy atom. The predicted octanol–water partition coefficient (Wildman–Crippen LogP) is -3.24. The molecule has 0 N–H and O–H groups in total. The number of rotatable bonds is 2. The van der Waals surface area contributed by atoms with Crippen molar-refractivity contribution in [3.63, 3.8) is 0 Å². The summed E-state index contributed by atoms with van der Waals surface area (Å²) < 4.78 is 8.19. The number of carbonyl (C=O) groups is 2. The minimum absolute atomic E-state index is 1.03. The summed E-state index contributed by atoms with van der Waals surface area (Å²) in [5.41, 5.74) is 0. The first-order valence-corrected chi connectivity index (χ1v) is 2.28. The number of carboxylic acids is 2. The molecule has 0 radical (unpaired) electrons. The van der Waals surface area contributed by atoms with Gasteiger partial charge in [0.1, 0.15) is 0 Å². The van der Waals surface area contributed by atoms with Crippen molar-refractivity contribution in [2.75, 3.05) is 0 Å². The number of carbonyl (C=O) groups excluding carboxylic acids is 2. The molecule has 0 aromatic rings. The predicted molar refractivity (Wildman–Crippen MR) is 15.3 cm³/mol. The molecule has 0 heterocycles. The Morgan fingerprint density at radius 1 is 1.11 bits per heavy atom. The van der Waals surface area contributed by atoms with E-state index in [1.807, 2.05) is 0 Å². The van der Waals surface area contributed by atoms with Crippen LogP contribution in [0.5, 0.6) is 0 Å². The summed E-state index contributed by atoms with van der Waals surface area (Å²) in [5.74, 6) is -3.25. The molecule has 0 rings (SSSR count). The average Bonchev–Trinajstić information content (AvgIpc) is 1.68. The molecule has 6 heteroatoms. The Balaban J connectivity index is 0. The normalized spacial score (nSPS) is 6.89. The van der Waals surface area contributed by atoms with E-state index < -0.39 is 18.4 Å². The van der Waals surface area contributed by atoms with Crippen LogP contribution in [0.4, 0.5) is 0 Å². The molecule has 9 heavy (non-hydrogen) atoms. The summed E-state index contributed by atoms with van der Waals surface area (Å²) in [5, 5.41) is 18.6. The molecule has 0 bridgehead atoms. The van der Waals surface area contributed by atoms with Gasteiger partial charge in [0, 0.05) is 18.4 Å². The zero-order chi connectivity index (χ0) is 7.86. The fourth-order valence-electron chi connectivity index (χ4n) is 0.118. The van der Waals surface area contributed by atoms with Crippen LogP contribution in [0.25, 0.3) is 0 Å². The number of carboxylic acid groups (broad SMARTS) is 2. The van der Waals surface area contributed by atoms with Crippen LogP contribution in [0.2, 0.25) is 0 Å². The van der Waals surface area contributed by atoms with E-state index in [2.05, 4.69) is 0 Å². The Bertz CT molecular complexity index is 98.8. The Labute approximate surface area is 59.9 Å². The van der Waals surface area contributed by atoms with Gasteiger partial charge in [0.2, 0.25) is 0 Å². The SMILES string of the molecule is O=C([O-])CC(=O)[O-].[O]=[V+2]. The Morgan fingerprint density at radius 3 is 1.33 bits per heavy atom. The van der Waals surface area contributed by atoms with Crippen LogP contribution >= 0.6 is 0 Å². The summed E-state index contributed by atoms with van der Waals surface area (Å²) in [7, 11) is 0. The molecular weight excluding hydrogens is 167 g/mol. The quantitative estimate of drug-likeness (QED) is 0.404. The molecule has 0 unspecified atom stereocenters. The fourth-order valence-corrected chi connectivity index (χ4v) is 0.118. The maximum atomic E-state index is 9.28. The molecular formula is C3H2O5V. The van der Waals surface area contributed by atoms with Gasteiger partial charge >= 0.3 is 21.0 Å². The first-order chi connectivity index (χ1) is 4.13. The maximum absolute atomic E-state index is 9.28. The van der Waals surface area contributed by atoms with Gasteiger partial charge in [-0.15, -0.1) is 0 Å². The summed E-state index contributed by atoms with van der Waals surface area (Å²) in [6.45, 7) is 0. The van der Waals surface area contributed by atoms with Gasteiger partial charge in [0.05, 0.1) is 0 Å². The summed E-state index contributed by atoms with van der Waals surface area (Å²) in [6.07, 6.45) is -1.03. The van der Waals surface area contributed by atoms with Crippen molar-refractivity contribution in [2.24, 2.45) is 0 Å². The zero-order valence-corrected chi connectivity index (χ0v) is 5.59. The van der Waals surface area contributed by atoms with Crippen LogP contribution < -0.4 is 10.2 Å². The van der Waals surface area contributed by atoms with Crippen LogP contribution in [-0.4, -0.2) is 11.9 Å². The van der Waals surface area contributed by atoms with Crippen molar-refractivity contribution >= 4 is 11.9 Å². The van der Waals surface area contributed by atoms with E-state index in [0.29, 0.717) is 0 Å². The molecule has 0 aromatic heterocycles. The summed E-state index contributed by atoms with van der Waals surface area (Å²) >= 11 is 1.06. The van der Waals surface area contributed by atoms with Gasteiger partial charge in [-0.3, -0.25) is 0 Å². The average molecular weight is 169 g/mol. The molecule has 0 spiro atoms. The molecule has 5 nitrogen and oxygen atoms in total. The standard InChI is InChI=1S/C3H4O4.O.V/c4-2(5)1-3(6)7;;/h1H2,(H,4,5)(H,6,7);;/q;;+2/p-2. The molecule has 0 amide bonds. The van der Waals surface area contributed by atoms with Crippen LogP contribution in [0.1, 0.15) is 6.42 Å². The summed E-state index contributed by atoms with van der Waals surface area (Å²) in [6, 6.07) is 0. The van der Waals surface area contributed by atoms with Crippen molar-refractivity contribution in [2.45, 2.75) is 6.42 Å². The van der Waals surface area contributed by atoms with Crippen LogP contribution in [-0.2, 0) is 30.6 Å². The molecule has 0 fully saturated rings. The van der Waals surface area contributed by atoms with Gasteiger partial charge < -0.3 is 19.8 Å². The molecule has 0 saturated heterocycles. The van der Waals surface area contributed by atoms with E-state index in [9.17, 15) is 19.8 Å². The topological polar surface area (TPSA) is 97.3 Å². The number of aliphatic carboxylic acids is 2. The number of hydrogen-bond acceptors (Lipinski definition) is 5. The molecule has 0 saturated carbocycles. The molecule has 0 aliphatic heterocycles. The van der Waals surface area contributed by atoms with Crippen LogP contribution in [0, 0.1) is 0 Å². The minimum atomic E-state index is -1.63.